The minimum absolute atomic E-state index is 0.219. The highest BCUT2D eigenvalue weighted by Crippen LogP contribution is 2.22. The Morgan fingerprint density at radius 1 is 0.600 bits per heavy atom. The second-order valence-electron chi connectivity index (χ2n) is 13.7. The molecule has 0 amide bonds. The number of rotatable bonds is 32. The van der Waals surface area contributed by atoms with Gasteiger partial charge < -0.3 is 39.4 Å². The van der Waals surface area contributed by atoms with Gasteiger partial charge >= 0.3 is 11.9 Å². The van der Waals surface area contributed by atoms with E-state index >= 15 is 0 Å². The standard InChI is InChI=1S/C40H72O10/c1-3-5-7-9-11-13-15-16-17-19-21-23-25-27-29-36(43)49-33(32-48-40-39(46)38(45)37(44)34(30-41)50-40)31-47-35(42)28-26-24-22-20-18-14-12-10-8-6-4-2/h10,12,15-16,33-34,37-41,44-46H,3-9,11,13-14,17-32H2,1-2H3/b12-10+,16-15+/t33-,34-,37+,38?,39?,40-/m1/s1. The lowest BCUT2D eigenvalue weighted by Crippen LogP contribution is -2.59. The average molecular weight is 713 g/mol. The van der Waals surface area contributed by atoms with Crippen LogP contribution in [-0.2, 0) is 28.5 Å². The van der Waals surface area contributed by atoms with E-state index in [1.165, 1.54) is 44.9 Å². The van der Waals surface area contributed by atoms with Crippen molar-refractivity contribution in [2.45, 2.75) is 198 Å². The fourth-order valence-corrected chi connectivity index (χ4v) is 5.81. The lowest BCUT2D eigenvalue weighted by Gasteiger charge is -2.39. The molecular formula is C40H72O10. The highest BCUT2D eigenvalue weighted by Gasteiger charge is 2.44. The van der Waals surface area contributed by atoms with Crippen LogP contribution in [0.4, 0.5) is 0 Å². The monoisotopic (exact) mass is 713 g/mol. The maximum atomic E-state index is 12.7. The minimum Gasteiger partial charge on any atom is -0.462 e. The fourth-order valence-electron chi connectivity index (χ4n) is 5.81. The first-order chi connectivity index (χ1) is 24.3. The molecule has 0 bridgehead atoms. The van der Waals surface area contributed by atoms with Crippen molar-refractivity contribution < 1.29 is 49.0 Å². The first-order valence-electron chi connectivity index (χ1n) is 19.9. The van der Waals surface area contributed by atoms with E-state index in [0.717, 1.165) is 77.0 Å². The average Bonchev–Trinajstić information content (AvgIpc) is 3.11. The second kappa shape index (κ2) is 31.9. The van der Waals surface area contributed by atoms with Crippen LogP contribution in [-0.4, -0.2) is 89.0 Å². The summed E-state index contributed by atoms with van der Waals surface area (Å²) in [5.41, 5.74) is 0. The Labute approximate surface area is 303 Å². The molecule has 10 heteroatoms. The first kappa shape index (κ1) is 46.2. The molecule has 1 heterocycles. The molecule has 0 aromatic heterocycles. The van der Waals surface area contributed by atoms with Gasteiger partial charge in [0.25, 0.3) is 0 Å². The van der Waals surface area contributed by atoms with Crippen molar-refractivity contribution in [2.24, 2.45) is 0 Å². The summed E-state index contributed by atoms with van der Waals surface area (Å²) >= 11 is 0. The summed E-state index contributed by atoms with van der Waals surface area (Å²) in [6.45, 7) is 3.34. The third-order valence-electron chi connectivity index (χ3n) is 9.06. The molecule has 1 aliphatic heterocycles. The van der Waals surface area contributed by atoms with E-state index in [1.54, 1.807) is 0 Å². The van der Waals surface area contributed by atoms with Crippen molar-refractivity contribution in [3.63, 3.8) is 0 Å². The Balaban J connectivity index is 2.40. The molecule has 1 aliphatic rings. The molecule has 1 saturated heterocycles. The van der Waals surface area contributed by atoms with Crippen molar-refractivity contribution in [3.05, 3.63) is 24.3 Å². The van der Waals surface area contributed by atoms with Crippen molar-refractivity contribution in [1.29, 1.82) is 0 Å². The molecule has 0 aromatic rings. The van der Waals surface area contributed by atoms with Crippen LogP contribution in [0, 0.1) is 0 Å². The Kier molecular flexibility index (Phi) is 29.5. The van der Waals surface area contributed by atoms with Crippen LogP contribution in [0.5, 0.6) is 0 Å². The summed E-state index contributed by atoms with van der Waals surface area (Å²) in [6.07, 6.45) is 24.7. The molecule has 1 fully saturated rings. The fraction of sp³-hybridized carbons (Fsp3) is 0.850. The first-order valence-corrected chi connectivity index (χ1v) is 19.9. The number of aliphatic hydroxyl groups is 4. The predicted octanol–water partition coefficient (Wildman–Crippen LogP) is 7.38. The highest BCUT2D eigenvalue weighted by molar-refractivity contribution is 5.70. The Hall–Kier alpha value is -1.82. The van der Waals surface area contributed by atoms with Gasteiger partial charge in [-0.2, -0.15) is 0 Å². The van der Waals surface area contributed by atoms with Gasteiger partial charge in [0.05, 0.1) is 13.2 Å². The second-order valence-corrected chi connectivity index (χ2v) is 13.7. The van der Waals surface area contributed by atoms with Crippen LogP contribution in [0.1, 0.15) is 162 Å². The summed E-state index contributed by atoms with van der Waals surface area (Å²) in [4.78, 5) is 25.2. The number of allylic oxidation sites excluding steroid dienone is 4. The molecule has 6 atom stereocenters. The minimum atomic E-state index is -1.59. The number of carbonyl (C=O) groups excluding carboxylic acids is 2. The van der Waals surface area contributed by atoms with Crippen LogP contribution in [0.3, 0.4) is 0 Å². The van der Waals surface area contributed by atoms with Gasteiger partial charge in [-0.15, -0.1) is 0 Å². The SMILES string of the molecule is CCCC/C=C/CCCCCCCC(=O)OC[C@H](CO[C@@H]1O[C@H](CO)[C@H](O)C(O)C1O)OC(=O)CCCCCCC/C=C/CCCCCCC. The summed E-state index contributed by atoms with van der Waals surface area (Å²) in [7, 11) is 0. The molecule has 4 N–H and O–H groups in total. The molecule has 50 heavy (non-hydrogen) atoms. The third kappa shape index (κ3) is 23.6. The van der Waals surface area contributed by atoms with Crippen molar-refractivity contribution in [1.82, 2.24) is 0 Å². The molecule has 0 aromatic carbocycles. The van der Waals surface area contributed by atoms with Gasteiger partial charge in [0.2, 0.25) is 0 Å². The van der Waals surface area contributed by atoms with Gasteiger partial charge in [-0.1, -0.05) is 115 Å². The number of carbonyl (C=O) groups is 2. The zero-order valence-corrected chi connectivity index (χ0v) is 31.4. The topological polar surface area (TPSA) is 152 Å². The summed E-state index contributed by atoms with van der Waals surface area (Å²) in [5.74, 6) is -0.829. The van der Waals surface area contributed by atoms with Crippen molar-refractivity contribution >= 4 is 11.9 Å². The van der Waals surface area contributed by atoms with Crippen molar-refractivity contribution in [3.8, 4) is 0 Å². The number of unbranched alkanes of at least 4 members (excludes halogenated alkanes) is 17. The third-order valence-corrected chi connectivity index (χ3v) is 9.06. The molecule has 292 valence electrons. The highest BCUT2D eigenvalue weighted by atomic mass is 16.7. The number of esters is 2. The van der Waals surface area contributed by atoms with E-state index in [9.17, 15) is 30.0 Å². The van der Waals surface area contributed by atoms with Crippen LogP contribution in [0.15, 0.2) is 24.3 Å². The molecule has 2 unspecified atom stereocenters. The normalized spacial score (nSPS) is 21.6. The van der Waals surface area contributed by atoms with E-state index in [0.29, 0.717) is 12.8 Å². The summed E-state index contributed by atoms with van der Waals surface area (Å²) < 4.78 is 22.0. The van der Waals surface area contributed by atoms with E-state index in [4.69, 9.17) is 18.9 Å². The van der Waals surface area contributed by atoms with E-state index in [-0.39, 0.29) is 32.0 Å². The van der Waals surface area contributed by atoms with Gasteiger partial charge in [-0.25, -0.2) is 0 Å². The zero-order valence-electron chi connectivity index (χ0n) is 31.4. The van der Waals surface area contributed by atoms with Gasteiger partial charge in [0.15, 0.2) is 12.4 Å². The molecule has 0 aliphatic carbocycles. The lowest BCUT2D eigenvalue weighted by molar-refractivity contribution is -0.305. The maximum absolute atomic E-state index is 12.7. The molecule has 0 saturated carbocycles. The Bertz CT molecular complexity index is 876. The van der Waals surface area contributed by atoms with Gasteiger partial charge in [-0.05, 0) is 57.8 Å². The van der Waals surface area contributed by atoms with Crippen molar-refractivity contribution in [2.75, 3.05) is 19.8 Å². The van der Waals surface area contributed by atoms with Crippen LogP contribution < -0.4 is 0 Å². The molecule has 0 spiro atoms. The van der Waals surface area contributed by atoms with E-state index in [2.05, 4.69) is 38.2 Å². The summed E-state index contributed by atoms with van der Waals surface area (Å²) in [6, 6.07) is 0. The maximum Gasteiger partial charge on any atom is 0.306 e. The zero-order chi connectivity index (χ0) is 36.7. The number of ether oxygens (including phenoxy) is 4. The Morgan fingerprint density at radius 2 is 1.08 bits per heavy atom. The number of hydrogen-bond acceptors (Lipinski definition) is 10. The van der Waals surface area contributed by atoms with Gasteiger partial charge in [0, 0.05) is 12.8 Å². The Morgan fingerprint density at radius 3 is 1.62 bits per heavy atom. The van der Waals surface area contributed by atoms with E-state index < -0.39 is 49.4 Å². The van der Waals surface area contributed by atoms with Gasteiger partial charge in [0.1, 0.15) is 31.0 Å². The molecule has 0 radical (unpaired) electrons. The van der Waals surface area contributed by atoms with Crippen LogP contribution in [0.25, 0.3) is 0 Å². The smallest absolute Gasteiger partial charge is 0.306 e. The number of hydrogen-bond donors (Lipinski definition) is 4. The van der Waals surface area contributed by atoms with E-state index in [1.807, 2.05) is 0 Å². The predicted molar refractivity (Wildman–Crippen MR) is 196 cm³/mol. The molecule has 1 rings (SSSR count). The summed E-state index contributed by atoms with van der Waals surface area (Å²) in [5, 5.41) is 39.9. The quantitative estimate of drug-likeness (QED) is 0.0316. The van der Waals surface area contributed by atoms with Gasteiger partial charge in [-0.3, -0.25) is 9.59 Å². The molecular weight excluding hydrogens is 640 g/mol. The molecule has 10 nitrogen and oxygen atoms in total. The number of aliphatic hydroxyl groups excluding tert-OH is 4. The van der Waals surface area contributed by atoms with Crippen LogP contribution >= 0.6 is 0 Å². The lowest BCUT2D eigenvalue weighted by atomic mass is 9.99. The van der Waals surface area contributed by atoms with Crippen LogP contribution in [0.2, 0.25) is 0 Å². The largest absolute Gasteiger partial charge is 0.462 e.